The minimum absolute atomic E-state index is 0.107. The molecule has 170 valence electrons. The van der Waals surface area contributed by atoms with Gasteiger partial charge in [0.25, 0.3) is 0 Å². The van der Waals surface area contributed by atoms with Crippen molar-refractivity contribution in [3.63, 3.8) is 0 Å². The van der Waals surface area contributed by atoms with E-state index in [1.807, 2.05) is 12.1 Å². The molecule has 1 aromatic heterocycles. The highest BCUT2D eigenvalue weighted by Gasteiger charge is 2.28. The molecule has 1 amide bonds. The van der Waals surface area contributed by atoms with Crippen molar-refractivity contribution in [2.24, 2.45) is 5.10 Å². The van der Waals surface area contributed by atoms with E-state index >= 15 is 0 Å². The first-order valence-electron chi connectivity index (χ1n) is 11.1. The van der Waals surface area contributed by atoms with Crippen molar-refractivity contribution in [2.45, 2.75) is 19.1 Å². The van der Waals surface area contributed by atoms with Gasteiger partial charge in [0.1, 0.15) is 0 Å². The smallest absolute Gasteiger partial charge is 0.250 e. The number of aryl methyl sites for hydroxylation is 1. The van der Waals surface area contributed by atoms with Crippen LogP contribution < -0.4 is 5.43 Å². The number of hydrazone groups is 1. The lowest BCUT2D eigenvalue weighted by Gasteiger charge is -2.12. The third-order valence-corrected chi connectivity index (χ3v) is 7.90. The Morgan fingerprint density at radius 2 is 1.62 bits per heavy atom. The van der Waals surface area contributed by atoms with Gasteiger partial charge in [0.2, 0.25) is 5.91 Å². The predicted octanol–water partition coefficient (Wildman–Crippen LogP) is 6.81. The molecule has 1 aliphatic carbocycles. The number of fused-ring (bicyclic) bond motifs is 3. The van der Waals surface area contributed by atoms with Crippen molar-refractivity contribution in [3.05, 3.63) is 111 Å². The van der Waals surface area contributed by atoms with Crippen LogP contribution in [0.15, 0.2) is 88.4 Å². The molecule has 1 heterocycles. The Balaban J connectivity index is 1.24. The Kier molecular flexibility index (Phi) is 6.44. The van der Waals surface area contributed by atoms with E-state index in [9.17, 15) is 4.79 Å². The van der Waals surface area contributed by atoms with E-state index in [-0.39, 0.29) is 11.2 Å². The second-order valence-corrected chi connectivity index (χ2v) is 10.3. The van der Waals surface area contributed by atoms with E-state index in [1.54, 1.807) is 18.0 Å². The summed E-state index contributed by atoms with van der Waals surface area (Å²) in [4.78, 5) is 12.6. The molecule has 0 atom stereocenters. The standard InChI is InChI=1S/C28H24BrN3OS/c1-18-15-20(19(2)32(18)22-13-11-21(29)12-14-22)16-30-31-27(33)17-34-28-25-9-5-3-7-23(25)24-8-4-6-10-26(24)28/h3-16,28H,17H2,1-2H3,(H,31,33)/b30-16+. The van der Waals surface area contributed by atoms with Crippen LogP contribution in [0.5, 0.6) is 0 Å². The number of nitrogens with zero attached hydrogens (tertiary/aromatic N) is 2. The Labute approximate surface area is 212 Å². The fourth-order valence-corrected chi connectivity index (χ4v) is 5.98. The number of nitrogens with one attached hydrogen (secondary N) is 1. The highest BCUT2D eigenvalue weighted by Crippen LogP contribution is 2.49. The van der Waals surface area contributed by atoms with Crippen molar-refractivity contribution in [1.82, 2.24) is 9.99 Å². The van der Waals surface area contributed by atoms with Crippen LogP contribution in [0.2, 0.25) is 0 Å². The molecule has 0 spiro atoms. The maximum Gasteiger partial charge on any atom is 0.250 e. The number of hydrogen-bond acceptors (Lipinski definition) is 3. The van der Waals surface area contributed by atoms with Crippen LogP contribution >= 0.6 is 27.7 Å². The molecule has 0 bridgehead atoms. The average Bonchev–Trinajstić information content (AvgIpc) is 3.32. The first-order chi connectivity index (χ1) is 16.5. The van der Waals surface area contributed by atoms with E-state index in [2.05, 4.69) is 112 Å². The SMILES string of the molecule is Cc1cc(/C=N/NC(=O)CSC2c3ccccc3-c3ccccc32)c(C)n1-c1ccc(Br)cc1. The zero-order valence-electron chi connectivity index (χ0n) is 19.0. The van der Waals surface area contributed by atoms with Gasteiger partial charge >= 0.3 is 0 Å². The minimum atomic E-state index is -0.107. The fraction of sp³-hybridized carbons (Fsp3) is 0.143. The van der Waals surface area contributed by atoms with Crippen LogP contribution in [0.4, 0.5) is 0 Å². The van der Waals surface area contributed by atoms with Gasteiger partial charge < -0.3 is 4.57 Å². The van der Waals surface area contributed by atoms with Gasteiger partial charge in [-0.3, -0.25) is 4.79 Å². The largest absolute Gasteiger partial charge is 0.318 e. The molecule has 4 nitrogen and oxygen atoms in total. The number of thioether (sulfide) groups is 1. The molecular formula is C28H24BrN3OS. The van der Waals surface area contributed by atoms with E-state index in [1.165, 1.54) is 22.3 Å². The predicted molar refractivity (Wildman–Crippen MR) is 145 cm³/mol. The molecule has 5 rings (SSSR count). The first-order valence-corrected chi connectivity index (χ1v) is 12.9. The number of hydrogen-bond donors (Lipinski definition) is 1. The summed E-state index contributed by atoms with van der Waals surface area (Å²) in [5, 5.41) is 4.40. The summed E-state index contributed by atoms with van der Waals surface area (Å²) in [6.07, 6.45) is 1.72. The second kappa shape index (κ2) is 9.65. The molecule has 1 aliphatic rings. The molecule has 0 saturated carbocycles. The highest BCUT2D eigenvalue weighted by molar-refractivity contribution is 9.10. The lowest BCUT2D eigenvalue weighted by molar-refractivity contribution is -0.118. The molecule has 0 fully saturated rings. The molecule has 0 aliphatic heterocycles. The van der Waals surface area contributed by atoms with Crippen LogP contribution in [0.3, 0.4) is 0 Å². The van der Waals surface area contributed by atoms with E-state index in [0.29, 0.717) is 5.75 Å². The van der Waals surface area contributed by atoms with Gasteiger partial charge in [-0.25, -0.2) is 5.43 Å². The van der Waals surface area contributed by atoms with Crippen molar-refractivity contribution in [1.29, 1.82) is 0 Å². The second-order valence-electron chi connectivity index (χ2n) is 8.30. The highest BCUT2D eigenvalue weighted by atomic mass is 79.9. The average molecular weight is 530 g/mol. The number of rotatable bonds is 6. The van der Waals surface area contributed by atoms with Crippen molar-refractivity contribution in [2.75, 3.05) is 5.75 Å². The summed E-state index contributed by atoms with van der Waals surface area (Å²) in [5.74, 6) is 0.229. The van der Waals surface area contributed by atoms with Gasteiger partial charge in [-0.1, -0.05) is 64.5 Å². The number of halogens is 1. The monoisotopic (exact) mass is 529 g/mol. The fourth-order valence-electron chi connectivity index (χ4n) is 4.56. The molecule has 1 N–H and O–H groups in total. The van der Waals surface area contributed by atoms with Crippen LogP contribution in [-0.4, -0.2) is 22.4 Å². The summed E-state index contributed by atoms with van der Waals surface area (Å²) in [6.45, 7) is 4.13. The van der Waals surface area contributed by atoms with Crippen molar-refractivity contribution < 1.29 is 4.79 Å². The lowest BCUT2D eigenvalue weighted by atomic mass is 10.1. The minimum Gasteiger partial charge on any atom is -0.318 e. The Bertz CT molecular complexity index is 1350. The quantitative estimate of drug-likeness (QED) is 0.220. The van der Waals surface area contributed by atoms with Gasteiger partial charge in [0.05, 0.1) is 17.2 Å². The molecule has 3 aromatic carbocycles. The van der Waals surface area contributed by atoms with Gasteiger partial charge in [0.15, 0.2) is 0 Å². The Hall–Kier alpha value is -3.09. The number of benzene rings is 3. The van der Waals surface area contributed by atoms with Crippen molar-refractivity contribution in [3.8, 4) is 16.8 Å². The van der Waals surface area contributed by atoms with Crippen LogP contribution in [-0.2, 0) is 4.79 Å². The molecule has 34 heavy (non-hydrogen) atoms. The molecule has 0 unspecified atom stereocenters. The lowest BCUT2D eigenvalue weighted by Crippen LogP contribution is -2.20. The summed E-state index contributed by atoms with van der Waals surface area (Å²) < 4.78 is 3.23. The van der Waals surface area contributed by atoms with Crippen LogP contribution in [0.1, 0.15) is 33.3 Å². The maximum absolute atomic E-state index is 12.6. The summed E-state index contributed by atoms with van der Waals surface area (Å²) >= 11 is 5.12. The van der Waals surface area contributed by atoms with E-state index < -0.39 is 0 Å². The van der Waals surface area contributed by atoms with Crippen LogP contribution in [0.25, 0.3) is 16.8 Å². The maximum atomic E-state index is 12.6. The molecule has 0 radical (unpaired) electrons. The van der Waals surface area contributed by atoms with Crippen molar-refractivity contribution >= 4 is 39.8 Å². The third kappa shape index (κ3) is 4.36. The number of carbonyl (C=O) groups is 1. The Morgan fingerprint density at radius 1 is 1.00 bits per heavy atom. The zero-order chi connectivity index (χ0) is 23.7. The third-order valence-electron chi connectivity index (χ3n) is 6.11. The normalized spacial score (nSPS) is 12.7. The van der Waals surface area contributed by atoms with Crippen LogP contribution in [0, 0.1) is 13.8 Å². The molecular weight excluding hydrogens is 506 g/mol. The topological polar surface area (TPSA) is 46.4 Å². The summed E-state index contributed by atoms with van der Waals surface area (Å²) in [7, 11) is 0. The number of aromatic nitrogens is 1. The van der Waals surface area contributed by atoms with Gasteiger partial charge in [-0.05, 0) is 66.4 Å². The first kappa shape index (κ1) is 22.7. The van der Waals surface area contributed by atoms with E-state index in [0.717, 1.165) is 27.1 Å². The van der Waals surface area contributed by atoms with E-state index in [4.69, 9.17) is 0 Å². The summed E-state index contributed by atoms with van der Waals surface area (Å²) in [5.41, 5.74) is 12.0. The molecule has 6 heteroatoms. The molecule has 4 aromatic rings. The van der Waals surface area contributed by atoms with Gasteiger partial charge in [-0.15, -0.1) is 11.8 Å². The van der Waals surface area contributed by atoms with Gasteiger partial charge in [-0.2, -0.15) is 5.10 Å². The number of carbonyl (C=O) groups excluding carboxylic acids is 1. The molecule has 0 saturated heterocycles. The number of amides is 1. The Morgan fingerprint density at radius 3 is 2.26 bits per heavy atom. The zero-order valence-corrected chi connectivity index (χ0v) is 21.4. The summed E-state index contributed by atoms with van der Waals surface area (Å²) in [6, 6.07) is 27.2. The van der Waals surface area contributed by atoms with Gasteiger partial charge in [0, 0.05) is 27.1 Å².